The van der Waals surface area contributed by atoms with E-state index in [9.17, 15) is 4.79 Å². The highest BCUT2D eigenvalue weighted by molar-refractivity contribution is 9.10. The van der Waals surface area contributed by atoms with Crippen molar-refractivity contribution >= 4 is 62.1 Å². The highest BCUT2D eigenvalue weighted by Crippen LogP contribution is 2.39. The maximum absolute atomic E-state index is 12.5. The number of hydrogen-bond acceptors (Lipinski definition) is 5. The Bertz CT molecular complexity index is 1320. The fraction of sp³-hybridized carbons (Fsp3) is 0.154. The van der Waals surface area contributed by atoms with Gasteiger partial charge in [0.25, 0.3) is 5.91 Å². The van der Waals surface area contributed by atoms with Gasteiger partial charge < -0.3 is 14.8 Å². The molecule has 0 saturated carbocycles. The number of halogens is 2. The van der Waals surface area contributed by atoms with Crippen molar-refractivity contribution in [1.29, 1.82) is 0 Å². The molecule has 4 rings (SSSR count). The number of rotatable bonds is 6. The number of nitrogens with one attached hydrogen (secondary N) is 1. The third-order valence-electron chi connectivity index (χ3n) is 5.13. The summed E-state index contributed by atoms with van der Waals surface area (Å²) in [6, 6.07) is 17.4. The Morgan fingerprint density at radius 2 is 1.94 bits per heavy atom. The Balaban J connectivity index is 1.55. The lowest BCUT2D eigenvalue weighted by molar-refractivity contribution is -0.115. The number of aliphatic imine (C=N–C) groups is 1. The molecule has 3 aromatic rings. The SMILES string of the molecule is COc1cc(/C=C2/SC(=Nc3cccc(Cl)c3C)NC2=O)cc(Br)c1OCc1cccc(C)c1. The second-order valence-electron chi connectivity index (χ2n) is 7.68. The van der Waals surface area contributed by atoms with Crippen LogP contribution in [0.1, 0.15) is 22.3 Å². The third kappa shape index (κ3) is 5.66. The predicted molar refractivity (Wildman–Crippen MR) is 143 cm³/mol. The summed E-state index contributed by atoms with van der Waals surface area (Å²) >= 11 is 11.0. The minimum absolute atomic E-state index is 0.210. The molecule has 34 heavy (non-hydrogen) atoms. The predicted octanol–water partition coefficient (Wildman–Crippen LogP) is 7.20. The summed E-state index contributed by atoms with van der Waals surface area (Å²) in [5, 5.41) is 3.95. The van der Waals surface area contributed by atoms with Crippen molar-refractivity contribution in [1.82, 2.24) is 5.32 Å². The number of amidine groups is 1. The zero-order chi connectivity index (χ0) is 24.2. The van der Waals surface area contributed by atoms with E-state index in [0.29, 0.717) is 33.2 Å². The van der Waals surface area contributed by atoms with Crippen molar-refractivity contribution in [2.45, 2.75) is 20.5 Å². The largest absolute Gasteiger partial charge is 0.493 e. The first kappa shape index (κ1) is 24.4. The van der Waals surface area contributed by atoms with E-state index < -0.39 is 0 Å². The molecule has 174 valence electrons. The van der Waals surface area contributed by atoms with E-state index in [1.807, 2.05) is 62.4 Å². The van der Waals surface area contributed by atoms with Crippen LogP contribution in [0, 0.1) is 13.8 Å². The first-order valence-corrected chi connectivity index (χ1v) is 12.4. The molecule has 0 unspecified atom stereocenters. The lowest BCUT2D eigenvalue weighted by atomic mass is 10.1. The van der Waals surface area contributed by atoms with Gasteiger partial charge in [0.15, 0.2) is 16.7 Å². The van der Waals surface area contributed by atoms with E-state index in [2.05, 4.69) is 32.3 Å². The monoisotopic (exact) mass is 556 g/mol. The van der Waals surface area contributed by atoms with Gasteiger partial charge in [-0.2, -0.15) is 0 Å². The summed E-state index contributed by atoms with van der Waals surface area (Å²) in [6.07, 6.45) is 1.80. The van der Waals surface area contributed by atoms with Crippen molar-refractivity contribution < 1.29 is 14.3 Å². The number of methoxy groups -OCH3 is 1. The van der Waals surface area contributed by atoms with Crippen molar-refractivity contribution in [3.8, 4) is 11.5 Å². The van der Waals surface area contributed by atoms with Crippen LogP contribution in [0.5, 0.6) is 11.5 Å². The number of benzene rings is 3. The summed E-state index contributed by atoms with van der Waals surface area (Å²) in [4.78, 5) is 17.6. The average molecular weight is 558 g/mol. The summed E-state index contributed by atoms with van der Waals surface area (Å²) in [5.41, 5.74) is 4.62. The molecule has 1 saturated heterocycles. The molecule has 3 aromatic carbocycles. The topological polar surface area (TPSA) is 59.9 Å². The molecule has 1 fully saturated rings. The normalized spacial score (nSPS) is 15.6. The number of aryl methyl sites for hydroxylation is 1. The second kappa shape index (κ2) is 10.7. The number of carbonyl (C=O) groups is 1. The minimum Gasteiger partial charge on any atom is -0.493 e. The van der Waals surface area contributed by atoms with Gasteiger partial charge in [0.1, 0.15) is 6.61 Å². The van der Waals surface area contributed by atoms with Gasteiger partial charge in [0.05, 0.1) is 22.2 Å². The average Bonchev–Trinajstić information content (AvgIpc) is 3.14. The fourth-order valence-corrected chi connectivity index (χ4v) is 4.96. The maximum atomic E-state index is 12.5. The molecule has 1 aliphatic rings. The van der Waals surface area contributed by atoms with Gasteiger partial charge in [-0.05, 0) is 88.6 Å². The van der Waals surface area contributed by atoms with Gasteiger partial charge in [-0.25, -0.2) is 4.99 Å². The van der Waals surface area contributed by atoms with Crippen LogP contribution < -0.4 is 14.8 Å². The molecule has 0 spiro atoms. The number of nitrogens with zero attached hydrogens (tertiary/aromatic N) is 1. The zero-order valence-electron chi connectivity index (χ0n) is 18.8. The van der Waals surface area contributed by atoms with E-state index in [-0.39, 0.29) is 5.91 Å². The van der Waals surface area contributed by atoms with Crippen molar-refractivity contribution in [3.05, 3.63) is 91.3 Å². The summed E-state index contributed by atoms with van der Waals surface area (Å²) < 4.78 is 12.3. The molecule has 0 atom stereocenters. The van der Waals surface area contributed by atoms with Crippen LogP contribution in [0.2, 0.25) is 5.02 Å². The van der Waals surface area contributed by atoms with Crippen LogP contribution in [0.25, 0.3) is 6.08 Å². The van der Waals surface area contributed by atoms with Crippen LogP contribution in [0.4, 0.5) is 5.69 Å². The standard InChI is InChI=1S/C26H22BrClN2O3S/c1-15-6-4-7-17(10-15)14-33-24-19(27)11-18(12-22(24)32-3)13-23-25(31)30-26(34-23)29-21-9-5-8-20(28)16(21)2/h4-13H,14H2,1-3H3,(H,29,30,31)/b23-13+. The molecule has 0 radical (unpaired) electrons. The van der Waals surface area contributed by atoms with Gasteiger partial charge in [-0.15, -0.1) is 0 Å². The van der Waals surface area contributed by atoms with E-state index in [4.69, 9.17) is 21.1 Å². The third-order valence-corrected chi connectivity index (χ3v) is 7.04. The lowest BCUT2D eigenvalue weighted by Gasteiger charge is -2.14. The molecule has 1 aliphatic heterocycles. The molecule has 1 N–H and O–H groups in total. The summed E-state index contributed by atoms with van der Waals surface area (Å²) in [7, 11) is 1.59. The Morgan fingerprint density at radius 3 is 2.71 bits per heavy atom. The van der Waals surface area contributed by atoms with Crippen LogP contribution in [-0.2, 0) is 11.4 Å². The molecular weight excluding hydrogens is 536 g/mol. The van der Waals surface area contributed by atoms with E-state index in [0.717, 1.165) is 26.9 Å². The van der Waals surface area contributed by atoms with Gasteiger partial charge in [-0.1, -0.05) is 47.5 Å². The quantitative estimate of drug-likeness (QED) is 0.326. The smallest absolute Gasteiger partial charge is 0.264 e. The van der Waals surface area contributed by atoms with Gasteiger partial charge in [-0.3, -0.25) is 4.79 Å². The van der Waals surface area contributed by atoms with Gasteiger partial charge in [0, 0.05) is 5.02 Å². The Kier molecular flexibility index (Phi) is 7.66. The molecule has 1 amide bonds. The highest BCUT2D eigenvalue weighted by atomic mass is 79.9. The Hall–Kier alpha value is -2.74. The van der Waals surface area contributed by atoms with E-state index in [1.165, 1.54) is 17.3 Å². The second-order valence-corrected chi connectivity index (χ2v) is 9.97. The summed E-state index contributed by atoms with van der Waals surface area (Å²) in [6.45, 7) is 4.36. The number of carbonyl (C=O) groups excluding carboxylic acids is 1. The first-order valence-electron chi connectivity index (χ1n) is 10.4. The minimum atomic E-state index is -0.210. The molecule has 0 bridgehead atoms. The van der Waals surface area contributed by atoms with Gasteiger partial charge >= 0.3 is 0 Å². The molecule has 0 aromatic heterocycles. The molecule has 8 heteroatoms. The van der Waals surface area contributed by atoms with Crippen LogP contribution in [0.15, 0.2) is 69.0 Å². The Morgan fingerprint density at radius 1 is 1.15 bits per heavy atom. The number of hydrogen-bond donors (Lipinski definition) is 1. The highest BCUT2D eigenvalue weighted by Gasteiger charge is 2.24. The fourth-order valence-electron chi connectivity index (χ4n) is 3.38. The van der Waals surface area contributed by atoms with Crippen molar-refractivity contribution in [3.63, 3.8) is 0 Å². The molecule has 1 heterocycles. The van der Waals surface area contributed by atoms with Crippen LogP contribution in [0.3, 0.4) is 0 Å². The summed E-state index contributed by atoms with van der Waals surface area (Å²) in [5.74, 6) is 0.965. The first-order chi connectivity index (χ1) is 16.3. The molecular formula is C26H22BrClN2O3S. The molecule has 0 aliphatic carbocycles. The maximum Gasteiger partial charge on any atom is 0.264 e. The number of amides is 1. The zero-order valence-corrected chi connectivity index (χ0v) is 22.0. The van der Waals surface area contributed by atoms with E-state index >= 15 is 0 Å². The van der Waals surface area contributed by atoms with E-state index in [1.54, 1.807) is 13.2 Å². The van der Waals surface area contributed by atoms with Crippen molar-refractivity contribution in [2.75, 3.05) is 7.11 Å². The van der Waals surface area contributed by atoms with Crippen molar-refractivity contribution in [2.24, 2.45) is 4.99 Å². The van der Waals surface area contributed by atoms with Crippen LogP contribution in [-0.4, -0.2) is 18.2 Å². The lowest BCUT2D eigenvalue weighted by Crippen LogP contribution is -2.19. The van der Waals surface area contributed by atoms with Gasteiger partial charge in [0.2, 0.25) is 0 Å². The van der Waals surface area contributed by atoms with Crippen LogP contribution >= 0.6 is 39.3 Å². The molecule has 5 nitrogen and oxygen atoms in total. The number of thioether (sulfide) groups is 1. The number of ether oxygens (including phenoxy) is 2. The Labute approximate surface area is 216 Å².